The minimum atomic E-state index is -0.282. The zero-order valence-electron chi connectivity index (χ0n) is 15.7. The first kappa shape index (κ1) is 19.0. The van der Waals surface area contributed by atoms with E-state index in [0.29, 0.717) is 24.3 Å². The number of hydrogen-bond donors (Lipinski definition) is 1. The van der Waals surface area contributed by atoms with Crippen molar-refractivity contribution >= 4 is 39.2 Å². The van der Waals surface area contributed by atoms with Crippen LogP contribution in [0.3, 0.4) is 0 Å². The summed E-state index contributed by atoms with van der Waals surface area (Å²) in [6, 6.07) is 0.333. The van der Waals surface area contributed by atoms with E-state index in [2.05, 4.69) is 5.32 Å². The molecule has 6 nitrogen and oxygen atoms in total. The summed E-state index contributed by atoms with van der Waals surface area (Å²) < 4.78 is 6.90. The fourth-order valence-corrected chi connectivity index (χ4v) is 5.72. The second-order valence-corrected chi connectivity index (χ2v) is 9.67. The Morgan fingerprint density at radius 1 is 1.44 bits per heavy atom. The minimum Gasteiger partial charge on any atom is -0.385 e. The molecule has 1 fully saturated rings. The number of carbonyl (C=O) groups is 1. The predicted molar refractivity (Wildman–Crippen MR) is 109 cm³/mol. The highest BCUT2D eigenvalue weighted by atomic mass is 32.2. The van der Waals surface area contributed by atoms with Gasteiger partial charge in [0.2, 0.25) is 5.91 Å². The van der Waals surface area contributed by atoms with Crippen LogP contribution in [0.2, 0.25) is 0 Å². The Bertz CT molecular complexity index is 917. The number of aryl methyl sites for hydroxylation is 2. The van der Waals surface area contributed by atoms with E-state index in [1.54, 1.807) is 23.0 Å². The number of methoxy groups -OCH3 is 1. The molecule has 0 aliphatic heterocycles. The molecule has 1 amide bonds. The average Bonchev–Trinajstić information content (AvgIpc) is 3.21. The SMILES string of the molecule is COCCCn1c(S[C@H](C)C(=O)NC2CC2)nc2sc3c(c2c1=O)CCC3. The summed E-state index contributed by atoms with van der Waals surface area (Å²) in [6.45, 7) is 3.03. The lowest BCUT2D eigenvalue weighted by Gasteiger charge is -2.15. The summed E-state index contributed by atoms with van der Waals surface area (Å²) in [5.74, 6) is 0.0222. The Balaban J connectivity index is 1.67. The molecule has 4 rings (SSSR count). The molecular formula is C19H25N3O3S2. The lowest BCUT2D eigenvalue weighted by Crippen LogP contribution is -2.33. The molecule has 0 bridgehead atoms. The molecule has 0 radical (unpaired) electrons. The summed E-state index contributed by atoms with van der Waals surface area (Å²) >= 11 is 3.03. The fraction of sp³-hybridized carbons (Fsp3) is 0.632. The van der Waals surface area contributed by atoms with Gasteiger partial charge >= 0.3 is 0 Å². The van der Waals surface area contributed by atoms with Crippen LogP contribution in [0.4, 0.5) is 0 Å². The average molecular weight is 408 g/mol. The highest BCUT2D eigenvalue weighted by Crippen LogP contribution is 2.36. The van der Waals surface area contributed by atoms with Crippen LogP contribution >= 0.6 is 23.1 Å². The molecule has 1 atom stereocenters. The van der Waals surface area contributed by atoms with Gasteiger partial charge in [0, 0.05) is 31.2 Å². The molecule has 0 spiro atoms. The third-order valence-electron chi connectivity index (χ3n) is 5.10. The number of hydrogen-bond acceptors (Lipinski definition) is 6. The molecule has 0 unspecified atom stereocenters. The largest absolute Gasteiger partial charge is 0.385 e. The van der Waals surface area contributed by atoms with Crippen molar-refractivity contribution in [1.29, 1.82) is 0 Å². The van der Waals surface area contributed by atoms with E-state index in [4.69, 9.17) is 9.72 Å². The molecule has 2 aromatic heterocycles. The number of ether oxygens (including phenoxy) is 1. The van der Waals surface area contributed by atoms with Crippen molar-refractivity contribution in [3.8, 4) is 0 Å². The molecule has 2 aliphatic rings. The smallest absolute Gasteiger partial charge is 0.263 e. The minimum absolute atomic E-state index is 0.0222. The van der Waals surface area contributed by atoms with E-state index >= 15 is 0 Å². The maximum Gasteiger partial charge on any atom is 0.263 e. The van der Waals surface area contributed by atoms with Gasteiger partial charge in [0.05, 0.1) is 10.6 Å². The van der Waals surface area contributed by atoms with Gasteiger partial charge < -0.3 is 10.1 Å². The number of fused-ring (bicyclic) bond motifs is 3. The number of rotatable bonds is 8. The van der Waals surface area contributed by atoms with Gasteiger partial charge in [-0.1, -0.05) is 11.8 Å². The zero-order chi connectivity index (χ0) is 19.0. The van der Waals surface area contributed by atoms with Gasteiger partial charge in [0.25, 0.3) is 5.56 Å². The molecule has 1 N–H and O–H groups in total. The summed E-state index contributed by atoms with van der Waals surface area (Å²) in [4.78, 5) is 32.6. The maximum atomic E-state index is 13.3. The van der Waals surface area contributed by atoms with Crippen molar-refractivity contribution in [3.63, 3.8) is 0 Å². The number of nitrogens with zero attached hydrogens (tertiary/aromatic N) is 2. The van der Waals surface area contributed by atoms with Gasteiger partial charge in [-0.05, 0) is 51.0 Å². The monoisotopic (exact) mass is 407 g/mol. The van der Waals surface area contributed by atoms with Crippen LogP contribution in [0, 0.1) is 0 Å². The highest BCUT2D eigenvalue weighted by molar-refractivity contribution is 8.00. The summed E-state index contributed by atoms with van der Waals surface area (Å²) in [5, 5.41) is 4.19. The highest BCUT2D eigenvalue weighted by Gasteiger charge is 2.28. The van der Waals surface area contributed by atoms with Gasteiger partial charge in [0.15, 0.2) is 5.16 Å². The number of thioether (sulfide) groups is 1. The fourth-order valence-electron chi connectivity index (χ4n) is 3.47. The third kappa shape index (κ3) is 3.93. The van der Waals surface area contributed by atoms with Gasteiger partial charge in [-0.2, -0.15) is 0 Å². The topological polar surface area (TPSA) is 73.2 Å². The number of nitrogens with one attached hydrogen (secondary N) is 1. The number of aromatic nitrogens is 2. The van der Waals surface area contributed by atoms with E-state index in [0.717, 1.165) is 48.7 Å². The predicted octanol–water partition coefficient (Wildman–Crippen LogP) is 2.74. The quantitative estimate of drug-likeness (QED) is 0.414. The Morgan fingerprint density at radius 2 is 2.26 bits per heavy atom. The first-order valence-electron chi connectivity index (χ1n) is 9.59. The second kappa shape index (κ2) is 7.93. The van der Waals surface area contributed by atoms with Crippen LogP contribution in [0.1, 0.15) is 43.0 Å². The number of thiophene rings is 1. The molecule has 0 aromatic carbocycles. The van der Waals surface area contributed by atoms with Crippen LogP contribution in [-0.2, 0) is 28.9 Å². The first-order valence-corrected chi connectivity index (χ1v) is 11.3. The molecule has 2 aliphatic carbocycles. The van der Waals surface area contributed by atoms with Gasteiger partial charge in [-0.3, -0.25) is 14.2 Å². The molecule has 27 heavy (non-hydrogen) atoms. The van der Waals surface area contributed by atoms with Crippen molar-refractivity contribution in [2.75, 3.05) is 13.7 Å². The Hall–Kier alpha value is -1.38. The first-order chi connectivity index (χ1) is 13.1. The zero-order valence-corrected chi connectivity index (χ0v) is 17.4. The van der Waals surface area contributed by atoms with E-state index in [9.17, 15) is 9.59 Å². The molecule has 1 saturated carbocycles. The summed E-state index contributed by atoms with van der Waals surface area (Å²) in [6.07, 6.45) is 6.01. The number of carbonyl (C=O) groups excluding carboxylic acids is 1. The molecular weight excluding hydrogens is 382 g/mol. The summed E-state index contributed by atoms with van der Waals surface area (Å²) in [7, 11) is 1.66. The van der Waals surface area contributed by atoms with Crippen LogP contribution < -0.4 is 10.9 Å². The maximum absolute atomic E-state index is 13.3. The van der Waals surface area contributed by atoms with Crippen LogP contribution in [0.25, 0.3) is 10.2 Å². The normalized spacial score (nSPS) is 17.3. The standard InChI is InChI=1S/C19H25N3O3S2/c1-11(16(23)20-12-7-8-12)26-19-21-17-15(13-5-3-6-14(13)27-17)18(24)22(19)9-4-10-25-2/h11-12H,3-10H2,1-2H3,(H,20,23)/t11-/m1/s1. The van der Waals surface area contributed by atoms with Crippen molar-refractivity contribution in [2.24, 2.45) is 0 Å². The Labute approximate surface area is 166 Å². The number of amides is 1. The van der Waals surface area contributed by atoms with Crippen LogP contribution in [0.15, 0.2) is 9.95 Å². The van der Waals surface area contributed by atoms with Crippen molar-refractivity contribution in [2.45, 2.75) is 68.4 Å². The van der Waals surface area contributed by atoms with Crippen LogP contribution in [-0.4, -0.2) is 40.5 Å². The molecule has 0 saturated heterocycles. The Kier molecular flexibility index (Phi) is 5.57. The van der Waals surface area contributed by atoms with Crippen LogP contribution in [0.5, 0.6) is 0 Å². The van der Waals surface area contributed by atoms with Crippen molar-refractivity contribution < 1.29 is 9.53 Å². The molecule has 2 aromatic rings. The van der Waals surface area contributed by atoms with Crippen molar-refractivity contribution in [1.82, 2.24) is 14.9 Å². The van der Waals surface area contributed by atoms with E-state index in [1.165, 1.54) is 22.2 Å². The lowest BCUT2D eigenvalue weighted by molar-refractivity contribution is -0.120. The molecule has 146 valence electrons. The third-order valence-corrected chi connectivity index (χ3v) is 7.37. The van der Waals surface area contributed by atoms with E-state index < -0.39 is 0 Å². The van der Waals surface area contributed by atoms with Gasteiger partial charge in [-0.15, -0.1) is 11.3 Å². The molecule has 2 heterocycles. The van der Waals surface area contributed by atoms with E-state index in [1.807, 2.05) is 6.92 Å². The summed E-state index contributed by atoms with van der Waals surface area (Å²) in [5.41, 5.74) is 1.23. The van der Waals surface area contributed by atoms with E-state index in [-0.39, 0.29) is 16.7 Å². The lowest BCUT2D eigenvalue weighted by atomic mass is 10.2. The van der Waals surface area contributed by atoms with Gasteiger partial charge in [0.1, 0.15) is 4.83 Å². The second-order valence-electron chi connectivity index (χ2n) is 7.28. The molecule has 8 heteroatoms. The Morgan fingerprint density at radius 3 is 3.00 bits per heavy atom. The van der Waals surface area contributed by atoms with Crippen molar-refractivity contribution in [3.05, 3.63) is 20.8 Å². The van der Waals surface area contributed by atoms with Gasteiger partial charge in [-0.25, -0.2) is 4.98 Å².